The lowest BCUT2D eigenvalue weighted by atomic mass is 9.98. The van der Waals surface area contributed by atoms with Crippen molar-refractivity contribution >= 4 is 18.0 Å². The predicted octanol–water partition coefficient (Wildman–Crippen LogP) is 3.73. The summed E-state index contributed by atoms with van der Waals surface area (Å²) in [4.78, 5) is 39.0. The van der Waals surface area contributed by atoms with Crippen molar-refractivity contribution in [2.24, 2.45) is 23.7 Å². The van der Waals surface area contributed by atoms with Gasteiger partial charge in [-0.15, -0.1) is 0 Å². The molecular weight excluding hydrogens is 432 g/mol. The molecule has 1 unspecified atom stereocenters. The fourth-order valence-electron chi connectivity index (χ4n) is 5.78. The van der Waals surface area contributed by atoms with Crippen LogP contribution in [0.2, 0.25) is 0 Å². The van der Waals surface area contributed by atoms with Crippen molar-refractivity contribution in [1.82, 2.24) is 10.2 Å². The molecule has 1 heterocycles. The first-order chi connectivity index (χ1) is 16.4. The molecule has 3 aliphatic rings. The molecule has 7 heteroatoms. The summed E-state index contributed by atoms with van der Waals surface area (Å²) in [5.41, 5.74) is 4.58. The van der Waals surface area contributed by atoms with E-state index < -0.39 is 18.1 Å². The van der Waals surface area contributed by atoms with Gasteiger partial charge < -0.3 is 20.1 Å². The highest BCUT2D eigenvalue weighted by Crippen LogP contribution is 2.51. The molecule has 5 rings (SSSR count). The molecule has 1 saturated heterocycles. The molecule has 1 aliphatic heterocycles. The largest absolute Gasteiger partial charge is 0.481 e. The van der Waals surface area contributed by atoms with E-state index in [0.29, 0.717) is 19.5 Å². The monoisotopic (exact) mass is 462 g/mol. The maximum Gasteiger partial charge on any atom is 0.407 e. The summed E-state index contributed by atoms with van der Waals surface area (Å²) in [5.74, 6) is -1.26. The van der Waals surface area contributed by atoms with Crippen LogP contribution in [0.5, 0.6) is 0 Å². The Balaban J connectivity index is 1.22. The second-order valence-electron chi connectivity index (χ2n) is 9.96. The number of carboxylic acid groups (broad SMARTS) is 1. The van der Waals surface area contributed by atoms with E-state index in [1.165, 1.54) is 0 Å². The summed E-state index contributed by atoms with van der Waals surface area (Å²) in [6.07, 6.45) is 0.0852. The number of piperidine rings is 1. The Labute approximate surface area is 199 Å². The molecule has 2 aromatic rings. The van der Waals surface area contributed by atoms with Crippen molar-refractivity contribution in [2.45, 2.75) is 32.2 Å². The van der Waals surface area contributed by atoms with Gasteiger partial charge in [0.15, 0.2) is 0 Å². The predicted molar refractivity (Wildman–Crippen MR) is 126 cm³/mol. The average Bonchev–Trinajstić information content (AvgIpc) is 3.48. The maximum atomic E-state index is 13.2. The Hall–Kier alpha value is -3.35. The van der Waals surface area contributed by atoms with Gasteiger partial charge in [-0.05, 0) is 46.4 Å². The molecule has 2 fully saturated rings. The topological polar surface area (TPSA) is 95.9 Å². The number of nitrogens with one attached hydrogen (secondary N) is 1. The van der Waals surface area contributed by atoms with E-state index in [-0.39, 0.29) is 42.1 Å². The van der Waals surface area contributed by atoms with Crippen LogP contribution < -0.4 is 5.32 Å². The minimum atomic E-state index is -0.776. The maximum absolute atomic E-state index is 13.2. The molecule has 0 spiro atoms. The van der Waals surface area contributed by atoms with Crippen LogP contribution in [0, 0.1) is 23.7 Å². The van der Waals surface area contributed by atoms with Crippen LogP contribution in [0.4, 0.5) is 4.79 Å². The van der Waals surface area contributed by atoms with Crippen LogP contribution in [0.25, 0.3) is 11.1 Å². The van der Waals surface area contributed by atoms with Crippen LogP contribution in [-0.4, -0.2) is 53.7 Å². The summed E-state index contributed by atoms with van der Waals surface area (Å²) in [6, 6.07) is 15.6. The number of aliphatic carboxylic acids is 1. The van der Waals surface area contributed by atoms with Gasteiger partial charge >= 0.3 is 12.1 Å². The zero-order chi connectivity index (χ0) is 24.0. The van der Waals surface area contributed by atoms with E-state index in [0.717, 1.165) is 22.3 Å². The van der Waals surface area contributed by atoms with Gasteiger partial charge in [0.1, 0.15) is 12.6 Å². The van der Waals surface area contributed by atoms with Gasteiger partial charge in [0.05, 0.1) is 5.92 Å². The lowest BCUT2D eigenvalue weighted by Gasteiger charge is -2.32. The van der Waals surface area contributed by atoms with E-state index in [1.807, 2.05) is 38.1 Å². The van der Waals surface area contributed by atoms with Crippen LogP contribution in [0.15, 0.2) is 48.5 Å². The number of likely N-dealkylation sites (tertiary alicyclic amines) is 1. The fraction of sp³-hybridized carbons (Fsp3) is 0.444. The zero-order valence-electron chi connectivity index (χ0n) is 19.4. The minimum Gasteiger partial charge on any atom is -0.481 e. The first-order valence-corrected chi connectivity index (χ1v) is 12.0. The van der Waals surface area contributed by atoms with E-state index in [1.54, 1.807) is 4.90 Å². The molecule has 0 radical (unpaired) electrons. The van der Waals surface area contributed by atoms with Crippen molar-refractivity contribution in [1.29, 1.82) is 0 Å². The van der Waals surface area contributed by atoms with Crippen molar-refractivity contribution < 1.29 is 24.2 Å². The molecule has 0 bridgehead atoms. The Bertz CT molecular complexity index is 1080. The first-order valence-electron chi connectivity index (χ1n) is 12.0. The first kappa shape index (κ1) is 22.4. The Kier molecular flexibility index (Phi) is 5.80. The van der Waals surface area contributed by atoms with E-state index >= 15 is 0 Å². The molecular formula is C27H30N2O5. The number of ether oxygens (including phenoxy) is 1. The Morgan fingerprint density at radius 1 is 1.03 bits per heavy atom. The molecule has 7 nitrogen and oxygen atoms in total. The van der Waals surface area contributed by atoms with Gasteiger partial charge in [0.2, 0.25) is 5.91 Å². The highest BCUT2D eigenvalue weighted by atomic mass is 16.5. The highest BCUT2D eigenvalue weighted by molar-refractivity contribution is 5.86. The molecule has 2 N–H and O–H groups in total. The number of carbonyl (C=O) groups is 3. The molecule has 4 atom stereocenters. The van der Waals surface area contributed by atoms with Gasteiger partial charge in [-0.3, -0.25) is 9.59 Å². The van der Waals surface area contributed by atoms with Crippen LogP contribution in [0.1, 0.15) is 37.3 Å². The number of hydrogen-bond donors (Lipinski definition) is 2. The molecule has 2 aliphatic carbocycles. The molecule has 34 heavy (non-hydrogen) atoms. The van der Waals surface area contributed by atoms with E-state index in [2.05, 4.69) is 29.6 Å². The third-order valence-corrected chi connectivity index (χ3v) is 7.64. The third kappa shape index (κ3) is 3.93. The Morgan fingerprint density at radius 2 is 1.65 bits per heavy atom. The second-order valence-corrected chi connectivity index (χ2v) is 9.96. The van der Waals surface area contributed by atoms with Crippen molar-refractivity contribution in [3.05, 3.63) is 59.7 Å². The van der Waals surface area contributed by atoms with Gasteiger partial charge in [-0.1, -0.05) is 62.4 Å². The lowest BCUT2D eigenvalue weighted by Crippen LogP contribution is -2.52. The number of carbonyl (C=O) groups excluding carboxylic acids is 2. The number of benzene rings is 2. The van der Waals surface area contributed by atoms with Gasteiger partial charge in [-0.2, -0.15) is 0 Å². The number of rotatable bonds is 6. The van der Waals surface area contributed by atoms with Gasteiger partial charge in [0, 0.05) is 19.0 Å². The summed E-state index contributed by atoms with van der Waals surface area (Å²) in [6.45, 7) is 4.93. The number of fused-ring (bicyclic) bond motifs is 4. The van der Waals surface area contributed by atoms with Crippen molar-refractivity contribution in [3.8, 4) is 11.1 Å². The van der Waals surface area contributed by atoms with Crippen molar-refractivity contribution in [3.63, 3.8) is 0 Å². The molecule has 178 valence electrons. The normalized spacial score (nSPS) is 23.5. The SMILES string of the molecule is CC(C)[C@@H](NC(=O)OCC1c2ccccc2-c2ccccc21)C(=O)N1CC[C@H]2C(C(=O)O)[C@H]2C1. The minimum absolute atomic E-state index is 0.0254. The van der Waals surface area contributed by atoms with Gasteiger partial charge in [-0.25, -0.2) is 4.79 Å². The molecule has 0 aromatic heterocycles. The van der Waals surface area contributed by atoms with Crippen LogP contribution in [-0.2, 0) is 14.3 Å². The quantitative estimate of drug-likeness (QED) is 0.682. The Morgan fingerprint density at radius 3 is 2.24 bits per heavy atom. The summed E-state index contributed by atoms with van der Waals surface area (Å²) in [5, 5.41) is 12.1. The van der Waals surface area contributed by atoms with Crippen LogP contribution >= 0.6 is 0 Å². The fourth-order valence-corrected chi connectivity index (χ4v) is 5.78. The highest BCUT2D eigenvalue weighted by Gasteiger charge is 2.57. The second kappa shape index (κ2) is 8.78. The number of alkyl carbamates (subject to hydrolysis) is 1. The van der Waals surface area contributed by atoms with E-state index in [9.17, 15) is 19.5 Å². The summed E-state index contributed by atoms with van der Waals surface area (Å²) in [7, 11) is 0. The lowest BCUT2D eigenvalue weighted by molar-refractivity contribution is -0.139. The standard InChI is InChI=1S/C27H30N2O5/c1-15(2)24(25(30)29-12-11-20-21(13-29)23(20)26(31)32)28-27(33)34-14-22-18-9-5-3-7-16(18)17-8-4-6-10-19(17)22/h3-10,15,20-24H,11-14H2,1-2H3,(H,28,33)(H,31,32)/t20-,21+,23?,24-/m1/s1. The van der Waals surface area contributed by atoms with Crippen LogP contribution in [0.3, 0.4) is 0 Å². The zero-order valence-corrected chi connectivity index (χ0v) is 19.4. The third-order valence-electron chi connectivity index (χ3n) is 7.64. The van der Waals surface area contributed by atoms with Gasteiger partial charge in [0.25, 0.3) is 0 Å². The number of nitrogens with zero attached hydrogens (tertiary/aromatic N) is 1. The smallest absolute Gasteiger partial charge is 0.407 e. The number of amides is 2. The molecule has 2 amide bonds. The molecule has 2 aromatic carbocycles. The van der Waals surface area contributed by atoms with Crippen molar-refractivity contribution in [2.75, 3.05) is 19.7 Å². The summed E-state index contributed by atoms with van der Waals surface area (Å²) < 4.78 is 5.64. The average molecular weight is 463 g/mol. The molecule has 1 saturated carbocycles. The summed E-state index contributed by atoms with van der Waals surface area (Å²) >= 11 is 0. The number of carboxylic acids is 1. The van der Waals surface area contributed by atoms with E-state index in [4.69, 9.17) is 4.74 Å². The number of hydrogen-bond acceptors (Lipinski definition) is 4.